The average molecular weight is 293 g/mol. The number of tetrazole rings is 1. The zero-order valence-corrected chi connectivity index (χ0v) is 12.5. The summed E-state index contributed by atoms with van der Waals surface area (Å²) in [6.45, 7) is 5.20. The second kappa shape index (κ2) is 6.91. The Labute approximate surface area is 122 Å². The quantitative estimate of drug-likeness (QED) is 0.683. The predicted octanol–water partition coefficient (Wildman–Crippen LogP) is 0.462. The number of methoxy groups -OCH3 is 1. The van der Waals surface area contributed by atoms with Gasteiger partial charge in [0.05, 0.1) is 12.8 Å². The maximum absolute atomic E-state index is 11.7. The first-order valence-corrected chi connectivity index (χ1v) is 6.96. The Hall–Kier alpha value is -2.32. The van der Waals surface area contributed by atoms with E-state index >= 15 is 0 Å². The molecule has 114 valence electrons. The third kappa shape index (κ3) is 3.23. The highest BCUT2D eigenvalue weighted by molar-refractivity contribution is 5.88. The first kappa shape index (κ1) is 15.1. The second-order valence-corrected chi connectivity index (χ2v) is 4.60. The van der Waals surface area contributed by atoms with Crippen molar-refractivity contribution in [3.63, 3.8) is 0 Å². The maximum Gasteiger partial charge on any atom is 0.360 e. The summed E-state index contributed by atoms with van der Waals surface area (Å²) in [6, 6.07) is 0. The van der Waals surface area contributed by atoms with E-state index in [1.807, 2.05) is 6.92 Å². The van der Waals surface area contributed by atoms with Crippen LogP contribution in [0.2, 0.25) is 0 Å². The van der Waals surface area contributed by atoms with Gasteiger partial charge in [0.2, 0.25) is 0 Å². The molecule has 0 aliphatic heterocycles. The van der Waals surface area contributed by atoms with Gasteiger partial charge in [0.1, 0.15) is 6.54 Å². The zero-order chi connectivity index (χ0) is 15.2. The van der Waals surface area contributed by atoms with E-state index in [4.69, 9.17) is 4.74 Å². The number of hydrogen-bond acceptors (Lipinski definition) is 7. The number of aromatic nitrogens is 7. The molecule has 0 unspecified atom stereocenters. The standard InChI is InChI=1S/C12H19N7O2/c1-4-6-9-11(12(20)21-3)14-16-19(9)8-10-13-15-17-18(10)7-5-2/h4-8H2,1-3H3. The van der Waals surface area contributed by atoms with Gasteiger partial charge in [0.15, 0.2) is 11.5 Å². The molecule has 0 N–H and O–H groups in total. The molecule has 0 amide bonds. The van der Waals surface area contributed by atoms with Crippen molar-refractivity contribution in [2.24, 2.45) is 0 Å². The Morgan fingerprint density at radius 3 is 2.62 bits per heavy atom. The van der Waals surface area contributed by atoms with E-state index in [1.54, 1.807) is 9.36 Å². The Morgan fingerprint density at radius 2 is 1.95 bits per heavy atom. The Bertz CT molecular complexity index is 605. The summed E-state index contributed by atoms with van der Waals surface area (Å²) in [6.07, 6.45) is 2.49. The van der Waals surface area contributed by atoms with Gasteiger partial charge in [-0.3, -0.25) is 0 Å². The van der Waals surface area contributed by atoms with Crippen molar-refractivity contribution in [2.75, 3.05) is 7.11 Å². The van der Waals surface area contributed by atoms with Crippen molar-refractivity contribution < 1.29 is 9.53 Å². The minimum Gasteiger partial charge on any atom is -0.464 e. The lowest BCUT2D eigenvalue weighted by Gasteiger charge is -2.06. The molecule has 0 aromatic carbocycles. The average Bonchev–Trinajstić information content (AvgIpc) is 3.08. The summed E-state index contributed by atoms with van der Waals surface area (Å²) >= 11 is 0. The van der Waals surface area contributed by atoms with Crippen LogP contribution < -0.4 is 0 Å². The van der Waals surface area contributed by atoms with Gasteiger partial charge in [0, 0.05) is 6.54 Å². The first-order chi connectivity index (χ1) is 10.2. The molecule has 0 saturated heterocycles. The molecule has 2 aromatic rings. The van der Waals surface area contributed by atoms with Gasteiger partial charge in [-0.2, -0.15) is 0 Å². The fraction of sp³-hybridized carbons (Fsp3) is 0.667. The van der Waals surface area contributed by atoms with Crippen LogP contribution in [-0.4, -0.2) is 48.3 Å². The monoisotopic (exact) mass is 293 g/mol. The summed E-state index contributed by atoms with van der Waals surface area (Å²) in [4.78, 5) is 11.7. The molecule has 9 heteroatoms. The van der Waals surface area contributed by atoms with Crippen LogP contribution in [0.25, 0.3) is 0 Å². The lowest BCUT2D eigenvalue weighted by molar-refractivity contribution is 0.0592. The van der Waals surface area contributed by atoms with Gasteiger partial charge >= 0.3 is 5.97 Å². The Kier molecular flexibility index (Phi) is 4.96. The molecule has 0 fully saturated rings. The zero-order valence-electron chi connectivity index (χ0n) is 12.5. The maximum atomic E-state index is 11.7. The van der Waals surface area contributed by atoms with Gasteiger partial charge < -0.3 is 4.74 Å². The van der Waals surface area contributed by atoms with Gasteiger partial charge in [-0.1, -0.05) is 25.5 Å². The number of carbonyl (C=O) groups excluding carboxylic acids is 1. The van der Waals surface area contributed by atoms with Crippen LogP contribution in [0.1, 0.15) is 48.7 Å². The number of ether oxygens (including phenoxy) is 1. The Morgan fingerprint density at radius 1 is 1.14 bits per heavy atom. The highest BCUT2D eigenvalue weighted by Gasteiger charge is 2.20. The van der Waals surface area contributed by atoms with Crippen LogP contribution in [0.4, 0.5) is 0 Å². The van der Waals surface area contributed by atoms with E-state index in [0.717, 1.165) is 25.1 Å². The minimum atomic E-state index is -0.474. The second-order valence-electron chi connectivity index (χ2n) is 4.60. The lowest BCUT2D eigenvalue weighted by Crippen LogP contribution is -2.14. The smallest absolute Gasteiger partial charge is 0.360 e. The summed E-state index contributed by atoms with van der Waals surface area (Å²) in [5, 5.41) is 19.6. The van der Waals surface area contributed by atoms with Gasteiger partial charge in [0.25, 0.3) is 0 Å². The molecule has 0 radical (unpaired) electrons. The van der Waals surface area contributed by atoms with Gasteiger partial charge in [-0.15, -0.1) is 10.2 Å². The van der Waals surface area contributed by atoms with E-state index in [1.165, 1.54) is 7.11 Å². The van der Waals surface area contributed by atoms with Crippen LogP contribution in [0.5, 0.6) is 0 Å². The molecular formula is C12H19N7O2. The normalized spacial score (nSPS) is 10.8. The van der Waals surface area contributed by atoms with Gasteiger partial charge in [-0.05, 0) is 23.3 Å². The molecule has 2 rings (SSSR count). The highest BCUT2D eigenvalue weighted by Crippen LogP contribution is 2.11. The van der Waals surface area contributed by atoms with Crippen molar-refractivity contribution in [1.82, 2.24) is 35.2 Å². The van der Waals surface area contributed by atoms with E-state index in [2.05, 4.69) is 32.8 Å². The summed E-state index contributed by atoms with van der Waals surface area (Å²) in [7, 11) is 1.33. The van der Waals surface area contributed by atoms with Crippen molar-refractivity contribution in [3.8, 4) is 0 Å². The van der Waals surface area contributed by atoms with Crippen LogP contribution in [-0.2, 0) is 24.2 Å². The van der Waals surface area contributed by atoms with Crippen LogP contribution in [0.3, 0.4) is 0 Å². The number of carbonyl (C=O) groups is 1. The van der Waals surface area contributed by atoms with Crippen molar-refractivity contribution in [2.45, 2.75) is 46.2 Å². The number of aryl methyl sites for hydroxylation is 1. The molecule has 2 heterocycles. The van der Waals surface area contributed by atoms with E-state index in [0.29, 0.717) is 18.8 Å². The molecule has 0 saturated carbocycles. The predicted molar refractivity (Wildman–Crippen MR) is 72.6 cm³/mol. The molecule has 2 aromatic heterocycles. The fourth-order valence-electron chi connectivity index (χ4n) is 2.06. The minimum absolute atomic E-state index is 0.258. The van der Waals surface area contributed by atoms with Crippen molar-refractivity contribution in [3.05, 3.63) is 17.2 Å². The molecular weight excluding hydrogens is 274 g/mol. The molecule has 0 atom stereocenters. The third-order valence-electron chi connectivity index (χ3n) is 3.04. The number of esters is 1. The molecule has 0 aliphatic carbocycles. The van der Waals surface area contributed by atoms with Crippen LogP contribution in [0, 0.1) is 0 Å². The molecule has 9 nitrogen and oxygen atoms in total. The number of nitrogens with zero attached hydrogens (tertiary/aromatic N) is 7. The van der Waals surface area contributed by atoms with Crippen molar-refractivity contribution in [1.29, 1.82) is 0 Å². The fourth-order valence-corrected chi connectivity index (χ4v) is 2.06. The van der Waals surface area contributed by atoms with E-state index < -0.39 is 5.97 Å². The van der Waals surface area contributed by atoms with E-state index in [-0.39, 0.29) is 5.69 Å². The molecule has 0 bridgehead atoms. The summed E-state index contributed by atoms with van der Waals surface area (Å²) in [5.74, 6) is 0.216. The largest absolute Gasteiger partial charge is 0.464 e. The highest BCUT2D eigenvalue weighted by atomic mass is 16.5. The van der Waals surface area contributed by atoms with Crippen LogP contribution >= 0.6 is 0 Å². The Balaban J connectivity index is 2.29. The summed E-state index contributed by atoms with van der Waals surface area (Å²) in [5.41, 5.74) is 1.00. The summed E-state index contributed by atoms with van der Waals surface area (Å²) < 4.78 is 8.13. The third-order valence-corrected chi connectivity index (χ3v) is 3.04. The van der Waals surface area contributed by atoms with Crippen molar-refractivity contribution >= 4 is 5.97 Å². The lowest BCUT2D eigenvalue weighted by atomic mass is 10.2. The first-order valence-electron chi connectivity index (χ1n) is 6.96. The van der Waals surface area contributed by atoms with Gasteiger partial charge in [-0.25, -0.2) is 14.2 Å². The molecule has 0 spiro atoms. The molecule has 0 aliphatic rings. The number of rotatable bonds is 7. The number of hydrogen-bond donors (Lipinski definition) is 0. The topological polar surface area (TPSA) is 101 Å². The molecule has 21 heavy (non-hydrogen) atoms. The van der Waals surface area contributed by atoms with E-state index in [9.17, 15) is 4.79 Å². The SMILES string of the molecule is CCCc1c(C(=O)OC)nnn1Cc1nnnn1CCC. The van der Waals surface area contributed by atoms with Crippen LogP contribution in [0.15, 0.2) is 0 Å².